The number of carbonyl (C=O) groups is 1. The van der Waals surface area contributed by atoms with Crippen molar-refractivity contribution >= 4 is 5.91 Å². The Morgan fingerprint density at radius 2 is 2.00 bits per heavy atom. The van der Waals surface area contributed by atoms with Crippen LogP contribution in [0.5, 0.6) is 0 Å². The fourth-order valence-electron chi connectivity index (χ4n) is 3.21. The zero-order chi connectivity index (χ0) is 14.4. The van der Waals surface area contributed by atoms with Crippen LogP contribution < -0.4 is 0 Å². The van der Waals surface area contributed by atoms with Crippen molar-refractivity contribution in [2.24, 2.45) is 5.92 Å². The second-order valence-electron chi connectivity index (χ2n) is 6.14. The standard InChI is InChI=1S/C18H27NO/c1-3-8-15-11-7-12-17(13-15)18(20)19(2)14-16-9-5-4-6-10-16/h7,11-13,16H,3-6,8-10,14H2,1-2H3. The molecule has 0 heterocycles. The summed E-state index contributed by atoms with van der Waals surface area (Å²) in [5.41, 5.74) is 2.11. The van der Waals surface area contributed by atoms with E-state index in [1.807, 2.05) is 24.1 Å². The number of benzene rings is 1. The maximum atomic E-state index is 12.5. The molecule has 20 heavy (non-hydrogen) atoms. The number of hydrogen-bond acceptors (Lipinski definition) is 1. The minimum absolute atomic E-state index is 0.175. The topological polar surface area (TPSA) is 20.3 Å². The zero-order valence-corrected chi connectivity index (χ0v) is 12.9. The van der Waals surface area contributed by atoms with Gasteiger partial charge in [0.1, 0.15) is 0 Å². The molecule has 1 aliphatic rings. The van der Waals surface area contributed by atoms with Crippen LogP contribution in [-0.4, -0.2) is 24.4 Å². The second-order valence-corrected chi connectivity index (χ2v) is 6.14. The fourth-order valence-corrected chi connectivity index (χ4v) is 3.21. The van der Waals surface area contributed by atoms with E-state index in [2.05, 4.69) is 19.1 Å². The monoisotopic (exact) mass is 273 g/mol. The van der Waals surface area contributed by atoms with Gasteiger partial charge in [-0.05, 0) is 42.9 Å². The van der Waals surface area contributed by atoms with Crippen LogP contribution in [0.15, 0.2) is 24.3 Å². The molecule has 0 unspecified atom stereocenters. The van der Waals surface area contributed by atoms with E-state index in [0.29, 0.717) is 5.92 Å². The molecule has 2 heteroatoms. The minimum atomic E-state index is 0.175. The summed E-state index contributed by atoms with van der Waals surface area (Å²) in [5.74, 6) is 0.880. The molecule has 1 fully saturated rings. The number of carbonyl (C=O) groups excluding carboxylic acids is 1. The van der Waals surface area contributed by atoms with Crippen molar-refractivity contribution in [2.45, 2.75) is 51.9 Å². The molecule has 2 rings (SSSR count). The van der Waals surface area contributed by atoms with E-state index in [9.17, 15) is 4.79 Å². The lowest BCUT2D eigenvalue weighted by Gasteiger charge is -2.27. The van der Waals surface area contributed by atoms with Crippen LogP contribution in [-0.2, 0) is 6.42 Å². The van der Waals surface area contributed by atoms with Crippen LogP contribution >= 0.6 is 0 Å². The van der Waals surface area contributed by atoms with Gasteiger partial charge >= 0.3 is 0 Å². The Morgan fingerprint density at radius 1 is 1.25 bits per heavy atom. The highest BCUT2D eigenvalue weighted by Crippen LogP contribution is 2.24. The third-order valence-corrected chi connectivity index (χ3v) is 4.32. The lowest BCUT2D eigenvalue weighted by atomic mass is 9.89. The van der Waals surface area contributed by atoms with Crippen LogP contribution in [0.25, 0.3) is 0 Å². The van der Waals surface area contributed by atoms with Crippen LogP contribution in [0.3, 0.4) is 0 Å². The van der Waals surface area contributed by atoms with E-state index in [1.54, 1.807) is 0 Å². The number of amides is 1. The molecule has 110 valence electrons. The van der Waals surface area contributed by atoms with Crippen LogP contribution in [0.2, 0.25) is 0 Å². The molecule has 2 nitrogen and oxygen atoms in total. The minimum Gasteiger partial charge on any atom is -0.341 e. The number of rotatable bonds is 5. The summed E-state index contributed by atoms with van der Waals surface area (Å²) < 4.78 is 0. The first-order valence-corrected chi connectivity index (χ1v) is 8.05. The SMILES string of the molecule is CCCc1cccc(C(=O)N(C)CC2CCCCC2)c1. The largest absolute Gasteiger partial charge is 0.341 e. The van der Waals surface area contributed by atoms with Gasteiger partial charge in [-0.2, -0.15) is 0 Å². The molecule has 1 saturated carbocycles. The molecular formula is C18H27NO. The summed E-state index contributed by atoms with van der Waals surface area (Å²) in [5, 5.41) is 0. The summed E-state index contributed by atoms with van der Waals surface area (Å²) in [6.07, 6.45) is 8.77. The molecule has 0 spiro atoms. The molecule has 1 amide bonds. The second kappa shape index (κ2) is 7.47. The molecule has 1 aliphatic carbocycles. The summed E-state index contributed by atoms with van der Waals surface area (Å²) in [7, 11) is 1.95. The van der Waals surface area contributed by atoms with Crippen molar-refractivity contribution in [1.29, 1.82) is 0 Å². The third kappa shape index (κ3) is 4.09. The van der Waals surface area contributed by atoms with Crippen LogP contribution in [0.4, 0.5) is 0 Å². The lowest BCUT2D eigenvalue weighted by molar-refractivity contribution is 0.0760. The van der Waals surface area contributed by atoms with Crippen molar-refractivity contribution in [3.05, 3.63) is 35.4 Å². The Kier molecular flexibility index (Phi) is 5.63. The van der Waals surface area contributed by atoms with E-state index in [0.717, 1.165) is 24.9 Å². The lowest BCUT2D eigenvalue weighted by Crippen LogP contribution is -2.32. The molecule has 0 N–H and O–H groups in total. The summed E-state index contributed by atoms with van der Waals surface area (Å²) >= 11 is 0. The Labute approximate surface area is 123 Å². The summed E-state index contributed by atoms with van der Waals surface area (Å²) in [6.45, 7) is 3.08. The van der Waals surface area contributed by atoms with Crippen molar-refractivity contribution in [2.75, 3.05) is 13.6 Å². The molecule has 0 aromatic heterocycles. The first kappa shape index (κ1) is 15.1. The van der Waals surface area contributed by atoms with Crippen molar-refractivity contribution < 1.29 is 4.79 Å². The average molecular weight is 273 g/mol. The number of nitrogens with zero attached hydrogens (tertiary/aromatic N) is 1. The zero-order valence-electron chi connectivity index (χ0n) is 12.9. The summed E-state index contributed by atoms with van der Waals surface area (Å²) in [4.78, 5) is 14.4. The Balaban J connectivity index is 1.96. The molecule has 0 aliphatic heterocycles. The molecule has 0 atom stereocenters. The maximum absolute atomic E-state index is 12.5. The van der Waals surface area contributed by atoms with Gasteiger partial charge in [-0.3, -0.25) is 4.79 Å². The van der Waals surface area contributed by atoms with Gasteiger partial charge in [0.05, 0.1) is 0 Å². The van der Waals surface area contributed by atoms with Crippen LogP contribution in [0.1, 0.15) is 61.4 Å². The Bertz CT molecular complexity index is 435. The van der Waals surface area contributed by atoms with Gasteiger partial charge in [0.15, 0.2) is 0 Å². The smallest absolute Gasteiger partial charge is 0.253 e. The molecule has 0 radical (unpaired) electrons. The first-order chi connectivity index (χ1) is 9.70. The first-order valence-electron chi connectivity index (χ1n) is 8.05. The Morgan fingerprint density at radius 3 is 2.70 bits per heavy atom. The van der Waals surface area contributed by atoms with E-state index in [-0.39, 0.29) is 5.91 Å². The van der Waals surface area contributed by atoms with Crippen LogP contribution in [0, 0.1) is 5.92 Å². The predicted octanol–water partition coefficient (Wildman–Crippen LogP) is 4.29. The molecular weight excluding hydrogens is 246 g/mol. The third-order valence-electron chi connectivity index (χ3n) is 4.32. The Hall–Kier alpha value is -1.31. The average Bonchev–Trinajstić information content (AvgIpc) is 2.48. The van der Waals surface area contributed by atoms with Crippen molar-refractivity contribution in [1.82, 2.24) is 4.90 Å². The highest BCUT2D eigenvalue weighted by Gasteiger charge is 2.19. The highest BCUT2D eigenvalue weighted by atomic mass is 16.2. The van der Waals surface area contributed by atoms with E-state index >= 15 is 0 Å². The number of hydrogen-bond donors (Lipinski definition) is 0. The maximum Gasteiger partial charge on any atom is 0.253 e. The predicted molar refractivity (Wildman–Crippen MR) is 84.0 cm³/mol. The van der Waals surface area contributed by atoms with E-state index in [4.69, 9.17) is 0 Å². The van der Waals surface area contributed by atoms with Gasteiger partial charge in [-0.1, -0.05) is 44.7 Å². The molecule has 0 bridgehead atoms. The molecule has 1 aromatic carbocycles. The van der Waals surface area contributed by atoms with Gasteiger partial charge in [0.2, 0.25) is 0 Å². The van der Waals surface area contributed by atoms with Gasteiger partial charge < -0.3 is 4.90 Å². The quantitative estimate of drug-likeness (QED) is 0.783. The van der Waals surface area contributed by atoms with Gasteiger partial charge in [-0.15, -0.1) is 0 Å². The normalized spacial score (nSPS) is 16.1. The van der Waals surface area contributed by atoms with E-state index < -0.39 is 0 Å². The number of aryl methyl sites for hydroxylation is 1. The molecule has 1 aromatic rings. The van der Waals surface area contributed by atoms with Gasteiger partial charge in [0, 0.05) is 19.2 Å². The highest BCUT2D eigenvalue weighted by molar-refractivity contribution is 5.94. The summed E-state index contributed by atoms with van der Waals surface area (Å²) in [6, 6.07) is 8.12. The fraction of sp³-hybridized carbons (Fsp3) is 0.611. The molecule has 0 saturated heterocycles. The van der Waals surface area contributed by atoms with E-state index in [1.165, 1.54) is 37.7 Å². The van der Waals surface area contributed by atoms with Gasteiger partial charge in [-0.25, -0.2) is 0 Å². The van der Waals surface area contributed by atoms with Crippen molar-refractivity contribution in [3.8, 4) is 0 Å². The van der Waals surface area contributed by atoms with Gasteiger partial charge in [0.25, 0.3) is 5.91 Å². The van der Waals surface area contributed by atoms with Crippen molar-refractivity contribution in [3.63, 3.8) is 0 Å².